The summed E-state index contributed by atoms with van der Waals surface area (Å²) >= 11 is 7.27. The fourth-order valence-corrected chi connectivity index (χ4v) is 5.49. The summed E-state index contributed by atoms with van der Waals surface area (Å²) in [7, 11) is 0. The van der Waals surface area contributed by atoms with Crippen molar-refractivity contribution in [2.75, 3.05) is 16.8 Å². The van der Waals surface area contributed by atoms with Gasteiger partial charge < -0.3 is 15.0 Å². The molecule has 1 aliphatic rings. The molecule has 1 N–H and O–H groups in total. The van der Waals surface area contributed by atoms with Crippen LogP contribution >= 0.6 is 23.6 Å². The molecule has 0 radical (unpaired) electrons. The molecule has 0 fully saturated rings. The van der Waals surface area contributed by atoms with Gasteiger partial charge in [-0.2, -0.15) is 0 Å². The van der Waals surface area contributed by atoms with Gasteiger partial charge in [0.1, 0.15) is 10.8 Å². The van der Waals surface area contributed by atoms with Crippen LogP contribution in [-0.4, -0.2) is 23.7 Å². The number of thiophene rings is 1. The normalized spacial score (nSPS) is 15.2. The van der Waals surface area contributed by atoms with Crippen molar-refractivity contribution in [2.45, 2.75) is 39.2 Å². The average molecular weight is 469 g/mol. The highest BCUT2D eigenvalue weighted by Crippen LogP contribution is 2.34. The molecule has 32 heavy (non-hydrogen) atoms. The van der Waals surface area contributed by atoms with Crippen LogP contribution in [-0.2, 0) is 17.6 Å². The van der Waals surface area contributed by atoms with Crippen LogP contribution in [0.15, 0.2) is 54.6 Å². The van der Waals surface area contributed by atoms with Gasteiger partial charge in [0.2, 0.25) is 0 Å². The number of benzene rings is 2. The topological polar surface area (TPSA) is 41.6 Å². The minimum atomic E-state index is -0.373. The molecule has 4 rings (SSSR count). The molecule has 166 valence electrons. The number of aryl methyl sites for hydroxylation is 1. The Balaban J connectivity index is 1.62. The molecule has 2 aromatic carbocycles. The molecule has 7 heteroatoms. The highest BCUT2D eigenvalue weighted by Gasteiger charge is 2.28. The SMILES string of the molecule is CCOC(=O)c1cc(Cc2ccccc2)sc1NC(=S)N1c2ccc(F)cc2CC[C@@H]1C. The summed E-state index contributed by atoms with van der Waals surface area (Å²) in [5.41, 5.74) is 3.49. The lowest BCUT2D eigenvalue weighted by atomic mass is 9.97. The minimum absolute atomic E-state index is 0.155. The van der Waals surface area contributed by atoms with Crippen LogP contribution in [0.25, 0.3) is 0 Å². The van der Waals surface area contributed by atoms with Crippen LogP contribution in [0.2, 0.25) is 0 Å². The van der Waals surface area contributed by atoms with Gasteiger partial charge in [-0.1, -0.05) is 30.3 Å². The summed E-state index contributed by atoms with van der Waals surface area (Å²) in [4.78, 5) is 15.7. The first-order valence-corrected chi connectivity index (χ1v) is 11.9. The summed E-state index contributed by atoms with van der Waals surface area (Å²) in [5, 5.41) is 4.45. The number of hydrogen-bond acceptors (Lipinski definition) is 4. The Morgan fingerprint density at radius 2 is 2.03 bits per heavy atom. The average Bonchev–Trinajstić information content (AvgIpc) is 3.16. The van der Waals surface area contributed by atoms with E-state index in [2.05, 4.69) is 24.4 Å². The molecule has 0 aliphatic carbocycles. The maximum atomic E-state index is 13.7. The molecule has 3 aromatic rings. The number of nitrogens with zero attached hydrogens (tertiary/aromatic N) is 1. The van der Waals surface area contributed by atoms with Gasteiger partial charge >= 0.3 is 5.97 Å². The van der Waals surface area contributed by atoms with E-state index in [4.69, 9.17) is 17.0 Å². The highest BCUT2D eigenvalue weighted by atomic mass is 32.1. The number of thiocarbonyl (C=S) groups is 1. The molecule has 0 amide bonds. The molecular formula is C25H25FN2O2S2. The zero-order chi connectivity index (χ0) is 22.7. The third kappa shape index (κ3) is 4.84. The third-order valence-electron chi connectivity index (χ3n) is 5.51. The fourth-order valence-electron chi connectivity index (χ4n) is 3.97. The van der Waals surface area contributed by atoms with E-state index >= 15 is 0 Å². The maximum absolute atomic E-state index is 13.7. The summed E-state index contributed by atoms with van der Waals surface area (Å²) in [6, 6.07) is 16.9. The number of anilines is 2. The highest BCUT2D eigenvalue weighted by molar-refractivity contribution is 7.80. The van der Waals surface area contributed by atoms with Crippen LogP contribution in [0.1, 0.15) is 46.6 Å². The second kappa shape index (κ2) is 9.79. The van der Waals surface area contributed by atoms with Gasteiger partial charge in [-0.3, -0.25) is 0 Å². The van der Waals surface area contributed by atoms with E-state index < -0.39 is 0 Å². The van der Waals surface area contributed by atoms with Crippen LogP contribution < -0.4 is 10.2 Å². The van der Waals surface area contributed by atoms with Gasteiger partial charge in [-0.05, 0) is 74.3 Å². The Morgan fingerprint density at radius 3 is 2.78 bits per heavy atom. The molecule has 1 aromatic heterocycles. The number of esters is 1. The number of fused-ring (bicyclic) bond motifs is 1. The zero-order valence-corrected chi connectivity index (χ0v) is 19.7. The van der Waals surface area contributed by atoms with Crippen LogP contribution in [0.5, 0.6) is 0 Å². The van der Waals surface area contributed by atoms with Crippen molar-refractivity contribution in [3.8, 4) is 0 Å². The lowest BCUT2D eigenvalue weighted by molar-refractivity contribution is 0.0528. The molecule has 4 nitrogen and oxygen atoms in total. The number of ether oxygens (including phenoxy) is 1. The summed E-state index contributed by atoms with van der Waals surface area (Å²) in [6.45, 7) is 4.19. The molecule has 0 saturated heterocycles. The number of rotatable bonds is 5. The van der Waals surface area contributed by atoms with E-state index in [1.54, 1.807) is 19.1 Å². The van der Waals surface area contributed by atoms with Crippen molar-refractivity contribution in [3.63, 3.8) is 0 Å². The number of halogens is 1. The molecule has 1 atom stereocenters. The van der Waals surface area contributed by atoms with E-state index in [0.29, 0.717) is 28.7 Å². The summed E-state index contributed by atoms with van der Waals surface area (Å²) in [5.74, 6) is -0.618. The van der Waals surface area contributed by atoms with Crippen LogP contribution in [0, 0.1) is 5.82 Å². The fraction of sp³-hybridized carbons (Fsp3) is 0.280. The van der Waals surface area contributed by atoms with Crippen molar-refractivity contribution < 1.29 is 13.9 Å². The number of carbonyl (C=O) groups is 1. The van der Waals surface area contributed by atoms with Crippen molar-refractivity contribution in [1.29, 1.82) is 0 Å². The predicted molar refractivity (Wildman–Crippen MR) is 132 cm³/mol. The van der Waals surface area contributed by atoms with Crippen LogP contribution in [0.4, 0.5) is 15.1 Å². The van der Waals surface area contributed by atoms with Gasteiger partial charge in [0.25, 0.3) is 0 Å². The molecule has 1 aliphatic heterocycles. The molecule has 0 saturated carbocycles. The van der Waals surface area contributed by atoms with Gasteiger partial charge in [-0.15, -0.1) is 11.3 Å². The Morgan fingerprint density at radius 1 is 1.25 bits per heavy atom. The van der Waals surface area contributed by atoms with Gasteiger partial charge in [0, 0.05) is 23.0 Å². The first kappa shape index (κ1) is 22.4. The van der Waals surface area contributed by atoms with Crippen molar-refractivity contribution in [1.82, 2.24) is 0 Å². The lowest BCUT2D eigenvalue weighted by Crippen LogP contribution is -2.44. The second-order valence-corrected chi connectivity index (χ2v) is 9.32. The first-order valence-electron chi connectivity index (χ1n) is 10.7. The summed E-state index contributed by atoms with van der Waals surface area (Å²) in [6.07, 6.45) is 2.39. The monoisotopic (exact) mass is 468 g/mol. The van der Waals surface area contributed by atoms with Gasteiger partial charge in [-0.25, -0.2) is 9.18 Å². The molecule has 0 unspecified atom stereocenters. The first-order chi connectivity index (χ1) is 15.5. The van der Waals surface area contributed by atoms with Crippen LogP contribution in [0.3, 0.4) is 0 Å². The predicted octanol–water partition coefficient (Wildman–Crippen LogP) is 6.19. The Hall–Kier alpha value is -2.77. The summed E-state index contributed by atoms with van der Waals surface area (Å²) < 4.78 is 19.0. The van der Waals surface area contributed by atoms with E-state index in [9.17, 15) is 9.18 Å². The van der Waals surface area contributed by atoms with Crippen molar-refractivity contribution in [2.24, 2.45) is 0 Å². The van der Waals surface area contributed by atoms with Crippen molar-refractivity contribution >= 4 is 45.3 Å². The Bertz CT molecular complexity index is 1130. The molecule has 2 heterocycles. The maximum Gasteiger partial charge on any atom is 0.341 e. The lowest BCUT2D eigenvalue weighted by Gasteiger charge is -2.37. The molecule has 0 spiro atoms. The van der Waals surface area contributed by atoms with E-state index in [1.807, 2.05) is 29.2 Å². The number of hydrogen-bond donors (Lipinski definition) is 1. The molecule has 0 bridgehead atoms. The van der Waals surface area contributed by atoms with E-state index in [0.717, 1.165) is 29.0 Å². The number of nitrogens with one attached hydrogen (secondary N) is 1. The zero-order valence-electron chi connectivity index (χ0n) is 18.1. The Kier molecular flexibility index (Phi) is 6.86. The quantitative estimate of drug-likeness (QED) is 0.357. The van der Waals surface area contributed by atoms with Crippen molar-refractivity contribution in [3.05, 3.63) is 82.0 Å². The second-order valence-electron chi connectivity index (χ2n) is 7.80. The standard InChI is InChI=1S/C25H25FN2O2S2/c1-3-30-24(29)21-15-20(13-17-7-5-4-6-8-17)32-23(21)27-25(31)28-16(2)9-10-18-14-19(26)11-12-22(18)28/h4-8,11-12,14-16H,3,9-10,13H2,1-2H3,(H,27,31)/t16-/m0/s1. The molecular weight excluding hydrogens is 443 g/mol. The van der Waals surface area contributed by atoms with Gasteiger partial charge in [0.15, 0.2) is 5.11 Å². The van der Waals surface area contributed by atoms with E-state index in [-0.39, 0.29) is 17.8 Å². The third-order valence-corrected chi connectivity index (χ3v) is 6.86. The largest absolute Gasteiger partial charge is 0.462 e. The number of carbonyl (C=O) groups excluding carboxylic acids is 1. The van der Waals surface area contributed by atoms with Gasteiger partial charge in [0.05, 0.1) is 12.2 Å². The minimum Gasteiger partial charge on any atom is -0.462 e. The van der Waals surface area contributed by atoms with E-state index in [1.165, 1.54) is 23.0 Å². The smallest absolute Gasteiger partial charge is 0.341 e. The Labute approximate surface area is 197 Å².